The summed E-state index contributed by atoms with van der Waals surface area (Å²) in [5, 5.41) is 3.06. The molecular formula is C17H18Cl2N2O4S. The lowest BCUT2D eigenvalue weighted by molar-refractivity contribution is -0.116. The van der Waals surface area contributed by atoms with E-state index in [1.54, 1.807) is 30.3 Å². The van der Waals surface area contributed by atoms with Gasteiger partial charge in [-0.2, -0.15) is 4.31 Å². The Kier molecular flexibility index (Phi) is 6.88. The molecule has 0 saturated heterocycles. The van der Waals surface area contributed by atoms with Gasteiger partial charge in [-0.05, 0) is 43.3 Å². The molecule has 6 nitrogen and oxygen atoms in total. The number of sulfonamides is 1. The van der Waals surface area contributed by atoms with Gasteiger partial charge in [0.25, 0.3) is 0 Å². The number of anilines is 1. The molecule has 2 aromatic carbocycles. The quantitative estimate of drug-likeness (QED) is 0.746. The van der Waals surface area contributed by atoms with Crippen LogP contribution in [0.4, 0.5) is 5.69 Å². The molecule has 0 unspecified atom stereocenters. The third-order valence-corrected chi connectivity index (χ3v) is 5.88. The Bertz CT molecular complexity index is 866. The molecule has 9 heteroatoms. The number of hydrogen-bond donors (Lipinski definition) is 1. The topological polar surface area (TPSA) is 75.7 Å². The minimum absolute atomic E-state index is 0.0621. The molecule has 0 heterocycles. The van der Waals surface area contributed by atoms with Crippen LogP contribution in [0, 0.1) is 0 Å². The minimum Gasteiger partial charge on any atom is -0.494 e. The maximum Gasteiger partial charge on any atom is 0.243 e. The van der Waals surface area contributed by atoms with Gasteiger partial charge in [0, 0.05) is 7.05 Å². The lowest BCUT2D eigenvalue weighted by Gasteiger charge is -2.17. The van der Waals surface area contributed by atoms with E-state index in [0.29, 0.717) is 12.4 Å². The fourth-order valence-corrected chi connectivity index (χ4v) is 3.76. The van der Waals surface area contributed by atoms with E-state index < -0.39 is 22.5 Å². The normalized spacial score (nSPS) is 11.4. The molecule has 0 bridgehead atoms. The molecule has 0 aliphatic heterocycles. The average molecular weight is 417 g/mol. The first-order valence-electron chi connectivity index (χ1n) is 7.68. The van der Waals surface area contributed by atoms with E-state index in [1.807, 2.05) is 6.92 Å². The van der Waals surface area contributed by atoms with Crippen LogP contribution in [0.2, 0.25) is 10.0 Å². The molecule has 0 aromatic heterocycles. The fourth-order valence-electron chi connectivity index (χ4n) is 2.14. The number of para-hydroxylation sites is 1. The number of carbonyl (C=O) groups excluding carboxylic acids is 1. The lowest BCUT2D eigenvalue weighted by atomic mass is 10.3. The van der Waals surface area contributed by atoms with Gasteiger partial charge in [0.2, 0.25) is 15.9 Å². The van der Waals surface area contributed by atoms with Crippen LogP contribution in [0.5, 0.6) is 5.75 Å². The highest BCUT2D eigenvalue weighted by molar-refractivity contribution is 7.89. The second kappa shape index (κ2) is 8.73. The van der Waals surface area contributed by atoms with Crippen LogP contribution >= 0.6 is 23.2 Å². The second-order valence-corrected chi connectivity index (χ2v) is 8.17. The first kappa shape index (κ1) is 20.5. The molecule has 26 heavy (non-hydrogen) atoms. The van der Waals surface area contributed by atoms with Gasteiger partial charge in [0.15, 0.2) is 0 Å². The molecule has 0 spiro atoms. The molecule has 0 atom stereocenters. The summed E-state index contributed by atoms with van der Waals surface area (Å²) in [5.74, 6) is 0.0113. The molecule has 140 valence electrons. The number of ether oxygens (including phenoxy) is 1. The van der Waals surface area contributed by atoms with Gasteiger partial charge in [-0.15, -0.1) is 0 Å². The number of benzene rings is 2. The molecule has 2 aromatic rings. The summed E-state index contributed by atoms with van der Waals surface area (Å²) in [6.07, 6.45) is 0. The summed E-state index contributed by atoms with van der Waals surface area (Å²) in [6, 6.07) is 10.8. The molecule has 1 amide bonds. The number of nitrogens with zero attached hydrogens (tertiary/aromatic N) is 1. The van der Waals surface area contributed by atoms with Crippen LogP contribution in [0.1, 0.15) is 6.92 Å². The maximum absolute atomic E-state index is 12.6. The summed E-state index contributed by atoms with van der Waals surface area (Å²) >= 11 is 12.0. The Morgan fingerprint density at radius 1 is 1.12 bits per heavy atom. The van der Waals surface area contributed by atoms with Crippen LogP contribution in [0.3, 0.4) is 0 Å². The van der Waals surface area contributed by atoms with Crippen molar-refractivity contribution in [2.75, 3.05) is 25.5 Å². The van der Waals surface area contributed by atoms with Crippen molar-refractivity contribution in [3.63, 3.8) is 0 Å². The van der Waals surface area contributed by atoms with Gasteiger partial charge < -0.3 is 10.1 Å². The number of amides is 1. The fraction of sp³-hybridized carbons (Fsp3) is 0.235. The van der Waals surface area contributed by atoms with E-state index in [9.17, 15) is 13.2 Å². The average Bonchev–Trinajstić information content (AvgIpc) is 2.59. The number of halogens is 2. The zero-order chi connectivity index (χ0) is 19.3. The van der Waals surface area contributed by atoms with Crippen molar-refractivity contribution in [2.24, 2.45) is 0 Å². The monoisotopic (exact) mass is 416 g/mol. The summed E-state index contributed by atoms with van der Waals surface area (Å²) in [6.45, 7) is 1.93. The van der Waals surface area contributed by atoms with Crippen molar-refractivity contribution in [1.82, 2.24) is 4.31 Å². The van der Waals surface area contributed by atoms with E-state index in [2.05, 4.69) is 5.32 Å². The molecule has 1 N–H and O–H groups in total. The van der Waals surface area contributed by atoms with E-state index in [0.717, 1.165) is 4.31 Å². The SMILES string of the molecule is CCOc1ccc(S(=O)(=O)N(C)CC(=O)Nc2c(Cl)cccc2Cl)cc1. The van der Waals surface area contributed by atoms with Crippen molar-refractivity contribution < 1.29 is 17.9 Å². The Balaban J connectivity index is 2.09. The van der Waals surface area contributed by atoms with E-state index in [4.69, 9.17) is 27.9 Å². The highest BCUT2D eigenvalue weighted by Gasteiger charge is 2.23. The predicted molar refractivity (Wildman–Crippen MR) is 103 cm³/mol. The summed E-state index contributed by atoms with van der Waals surface area (Å²) in [4.78, 5) is 12.3. The lowest BCUT2D eigenvalue weighted by Crippen LogP contribution is -2.35. The summed E-state index contributed by atoms with van der Waals surface area (Å²) < 4.78 is 31.4. The number of hydrogen-bond acceptors (Lipinski definition) is 4. The van der Waals surface area contributed by atoms with Crippen molar-refractivity contribution in [3.8, 4) is 5.75 Å². The van der Waals surface area contributed by atoms with E-state index in [-0.39, 0.29) is 20.6 Å². The van der Waals surface area contributed by atoms with Gasteiger partial charge >= 0.3 is 0 Å². The number of rotatable bonds is 7. The van der Waals surface area contributed by atoms with Crippen molar-refractivity contribution in [2.45, 2.75) is 11.8 Å². The van der Waals surface area contributed by atoms with Crippen molar-refractivity contribution in [1.29, 1.82) is 0 Å². The molecule has 0 saturated carbocycles. The number of carbonyl (C=O) groups is 1. The first-order valence-corrected chi connectivity index (χ1v) is 9.88. The van der Waals surface area contributed by atoms with Crippen molar-refractivity contribution in [3.05, 3.63) is 52.5 Å². The van der Waals surface area contributed by atoms with Crippen LogP contribution in [0.15, 0.2) is 47.4 Å². The predicted octanol–water partition coefficient (Wildman–Crippen LogP) is 3.65. The zero-order valence-electron chi connectivity index (χ0n) is 14.2. The van der Waals surface area contributed by atoms with Crippen molar-refractivity contribution >= 4 is 44.8 Å². The second-order valence-electron chi connectivity index (χ2n) is 5.31. The molecule has 2 rings (SSSR count). The molecule has 0 aliphatic carbocycles. The van der Waals surface area contributed by atoms with Gasteiger partial charge in [-0.1, -0.05) is 29.3 Å². The molecular weight excluding hydrogens is 399 g/mol. The maximum atomic E-state index is 12.6. The largest absolute Gasteiger partial charge is 0.494 e. The Labute approximate surface area is 162 Å². The molecule has 0 aliphatic rings. The van der Waals surface area contributed by atoms with Crippen LogP contribution in [0.25, 0.3) is 0 Å². The van der Waals surface area contributed by atoms with Gasteiger partial charge in [-0.25, -0.2) is 8.42 Å². The zero-order valence-corrected chi connectivity index (χ0v) is 16.5. The summed E-state index contributed by atoms with van der Waals surface area (Å²) in [5.41, 5.74) is 0.243. The standard InChI is InChI=1S/C17H18Cl2N2O4S/c1-3-25-12-7-9-13(10-8-12)26(23,24)21(2)11-16(22)20-17-14(18)5-4-6-15(17)19/h4-10H,3,11H2,1-2H3,(H,20,22). The smallest absolute Gasteiger partial charge is 0.243 e. The van der Waals surface area contributed by atoms with E-state index >= 15 is 0 Å². The highest BCUT2D eigenvalue weighted by atomic mass is 35.5. The number of nitrogens with one attached hydrogen (secondary N) is 1. The van der Waals surface area contributed by atoms with Crippen LogP contribution in [-0.4, -0.2) is 38.8 Å². The number of likely N-dealkylation sites (N-methyl/N-ethyl adjacent to an activating group) is 1. The Hall–Kier alpha value is -1.80. The molecule has 0 fully saturated rings. The van der Waals surface area contributed by atoms with Gasteiger partial charge in [0.1, 0.15) is 5.75 Å². The Morgan fingerprint density at radius 2 is 1.69 bits per heavy atom. The van der Waals surface area contributed by atoms with Gasteiger partial charge in [0.05, 0.1) is 33.8 Å². The van der Waals surface area contributed by atoms with Crippen LogP contribution in [-0.2, 0) is 14.8 Å². The molecule has 0 radical (unpaired) electrons. The highest BCUT2D eigenvalue weighted by Crippen LogP contribution is 2.29. The van der Waals surface area contributed by atoms with E-state index in [1.165, 1.54) is 19.2 Å². The third kappa shape index (κ3) is 4.88. The third-order valence-electron chi connectivity index (χ3n) is 3.44. The minimum atomic E-state index is -3.83. The van der Waals surface area contributed by atoms with Crippen LogP contribution < -0.4 is 10.1 Å². The Morgan fingerprint density at radius 3 is 2.23 bits per heavy atom. The first-order chi connectivity index (χ1) is 12.3. The van der Waals surface area contributed by atoms with Gasteiger partial charge in [-0.3, -0.25) is 4.79 Å². The summed E-state index contributed by atoms with van der Waals surface area (Å²) in [7, 11) is -2.51.